The fraction of sp³-hybridized carbons (Fsp3) is 0.778. The summed E-state index contributed by atoms with van der Waals surface area (Å²) in [4.78, 5) is 13.1. The van der Waals surface area contributed by atoms with Crippen molar-refractivity contribution in [3.8, 4) is 0 Å². The van der Waals surface area contributed by atoms with Gasteiger partial charge in [-0.25, -0.2) is 9.98 Å². The van der Waals surface area contributed by atoms with Crippen LogP contribution in [0, 0.1) is 13.8 Å². The summed E-state index contributed by atoms with van der Waals surface area (Å²) in [5.74, 6) is 0.940. The van der Waals surface area contributed by atoms with Gasteiger partial charge in [0.05, 0.1) is 17.2 Å². The highest BCUT2D eigenvalue weighted by molar-refractivity contribution is 7.11. The van der Waals surface area contributed by atoms with Crippen LogP contribution >= 0.6 is 11.3 Å². The van der Waals surface area contributed by atoms with Gasteiger partial charge < -0.3 is 15.5 Å². The van der Waals surface area contributed by atoms with Crippen LogP contribution in [0.3, 0.4) is 0 Å². The van der Waals surface area contributed by atoms with Gasteiger partial charge in [0.1, 0.15) is 0 Å². The highest BCUT2D eigenvalue weighted by Gasteiger charge is 2.19. The van der Waals surface area contributed by atoms with E-state index in [4.69, 9.17) is 4.99 Å². The Morgan fingerprint density at radius 3 is 2.62 bits per heavy atom. The van der Waals surface area contributed by atoms with E-state index in [2.05, 4.69) is 48.2 Å². The van der Waals surface area contributed by atoms with Crippen LogP contribution in [0.4, 0.5) is 0 Å². The molecule has 0 atom stereocenters. The van der Waals surface area contributed by atoms with Gasteiger partial charge in [0.2, 0.25) is 0 Å². The predicted molar refractivity (Wildman–Crippen MR) is 104 cm³/mol. The molecule has 136 valence electrons. The van der Waals surface area contributed by atoms with Crippen molar-refractivity contribution in [1.82, 2.24) is 20.5 Å². The summed E-state index contributed by atoms with van der Waals surface area (Å²) in [7, 11) is 0. The van der Waals surface area contributed by atoms with E-state index in [1.165, 1.54) is 50.2 Å². The van der Waals surface area contributed by atoms with Crippen molar-refractivity contribution >= 4 is 17.3 Å². The number of guanidine groups is 1. The number of hydrogen-bond donors (Lipinski definition) is 2. The van der Waals surface area contributed by atoms with Crippen molar-refractivity contribution in [2.75, 3.05) is 26.2 Å². The van der Waals surface area contributed by atoms with Crippen LogP contribution in [0.1, 0.15) is 55.1 Å². The molecule has 1 aliphatic rings. The molecule has 1 aliphatic heterocycles. The van der Waals surface area contributed by atoms with Crippen molar-refractivity contribution in [2.24, 2.45) is 4.99 Å². The Morgan fingerprint density at radius 2 is 2.04 bits per heavy atom. The molecule has 0 aliphatic carbocycles. The number of unbranched alkanes of at least 4 members (excludes halogenated alkanes) is 1. The summed E-state index contributed by atoms with van der Waals surface area (Å²) >= 11 is 1.75. The Hall–Kier alpha value is -1.14. The van der Waals surface area contributed by atoms with Crippen LogP contribution in [-0.2, 0) is 6.54 Å². The minimum atomic E-state index is 0.532. The van der Waals surface area contributed by atoms with E-state index in [0.29, 0.717) is 12.6 Å². The molecule has 0 amide bonds. The number of thiazole rings is 1. The molecular formula is C18H33N5S. The second-order valence-corrected chi connectivity index (χ2v) is 7.84. The number of aryl methyl sites for hydroxylation is 2. The normalized spacial score (nSPS) is 17.2. The quantitative estimate of drug-likeness (QED) is 0.585. The summed E-state index contributed by atoms with van der Waals surface area (Å²) in [6.07, 6.45) is 5.00. The van der Waals surface area contributed by atoms with Crippen molar-refractivity contribution in [1.29, 1.82) is 0 Å². The van der Waals surface area contributed by atoms with Crippen LogP contribution in [-0.4, -0.2) is 48.1 Å². The van der Waals surface area contributed by atoms with Crippen LogP contribution in [0.2, 0.25) is 0 Å². The monoisotopic (exact) mass is 351 g/mol. The average Bonchev–Trinajstić information content (AvgIpc) is 2.90. The maximum absolute atomic E-state index is 4.77. The lowest BCUT2D eigenvalue weighted by Gasteiger charge is -2.33. The standard InChI is InChI=1S/C18H33N5S/c1-5-7-10-23-11-8-16(9-12-23)22-18(19-6-2)20-13-17-14(3)21-15(4)24-17/h16H,5-13H2,1-4H3,(H2,19,20,22). The zero-order valence-electron chi connectivity index (χ0n) is 15.7. The number of rotatable bonds is 7. The Kier molecular flexibility index (Phi) is 7.99. The maximum Gasteiger partial charge on any atom is 0.191 e. The van der Waals surface area contributed by atoms with E-state index in [1.807, 2.05) is 0 Å². The summed E-state index contributed by atoms with van der Waals surface area (Å²) in [6.45, 7) is 13.8. The molecule has 0 unspecified atom stereocenters. The Balaban J connectivity index is 1.85. The first-order valence-corrected chi connectivity index (χ1v) is 10.1. The van der Waals surface area contributed by atoms with Gasteiger partial charge in [-0.2, -0.15) is 0 Å². The number of aromatic nitrogens is 1. The highest BCUT2D eigenvalue weighted by Crippen LogP contribution is 2.18. The third-order valence-corrected chi connectivity index (χ3v) is 5.54. The molecule has 0 spiro atoms. The predicted octanol–water partition coefficient (Wildman–Crippen LogP) is 3.08. The van der Waals surface area contributed by atoms with Gasteiger partial charge >= 0.3 is 0 Å². The Labute approximate surface area is 151 Å². The molecule has 0 saturated carbocycles. The Morgan fingerprint density at radius 1 is 1.29 bits per heavy atom. The van der Waals surface area contributed by atoms with E-state index >= 15 is 0 Å². The number of nitrogens with zero attached hydrogens (tertiary/aromatic N) is 3. The van der Waals surface area contributed by atoms with Crippen LogP contribution in [0.15, 0.2) is 4.99 Å². The number of likely N-dealkylation sites (tertiary alicyclic amines) is 1. The number of aliphatic imine (C=N–C) groups is 1. The minimum absolute atomic E-state index is 0.532. The molecule has 0 aromatic carbocycles. The molecular weight excluding hydrogens is 318 g/mol. The molecule has 1 saturated heterocycles. The number of nitrogens with one attached hydrogen (secondary N) is 2. The molecule has 1 aromatic rings. The second-order valence-electron chi connectivity index (χ2n) is 6.55. The Bertz CT molecular complexity index is 517. The zero-order chi connectivity index (χ0) is 17.4. The largest absolute Gasteiger partial charge is 0.357 e. The lowest BCUT2D eigenvalue weighted by atomic mass is 10.0. The molecule has 2 heterocycles. The van der Waals surface area contributed by atoms with E-state index in [1.54, 1.807) is 11.3 Å². The van der Waals surface area contributed by atoms with Gasteiger partial charge in [0, 0.05) is 30.6 Å². The zero-order valence-corrected chi connectivity index (χ0v) is 16.5. The fourth-order valence-electron chi connectivity index (χ4n) is 3.07. The van der Waals surface area contributed by atoms with Gasteiger partial charge in [0.15, 0.2) is 5.96 Å². The molecule has 1 aromatic heterocycles. The molecule has 6 heteroatoms. The summed E-state index contributed by atoms with van der Waals surface area (Å²) in [5.41, 5.74) is 1.11. The van der Waals surface area contributed by atoms with Gasteiger partial charge in [0.25, 0.3) is 0 Å². The third kappa shape index (κ3) is 6.06. The lowest BCUT2D eigenvalue weighted by molar-refractivity contribution is 0.203. The third-order valence-electron chi connectivity index (χ3n) is 4.48. The summed E-state index contributed by atoms with van der Waals surface area (Å²) in [5, 5.41) is 8.13. The smallest absolute Gasteiger partial charge is 0.191 e. The van der Waals surface area contributed by atoms with E-state index < -0.39 is 0 Å². The van der Waals surface area contributed by atoms with Crippen molar-refractivity contribution in [2.45, 2.75) is 66.0 Å². The van der Waals surface area contributed by atoms with Gasteiger partial charge in [-0.3, -0.25) is 0 Å². The maximum atomic E-state index is 4.77. The van der Waals surface area contributed by atoms with E-state index in [0.717, 1.165) is 23.2 Å². The van der Waals surface area contributed by atoms with Crippen molar-refractivity contribution in [3.63, 3.8) is 0 Å². The molecule has 24 heavy (non-hydrogen) atoms. The molecule has 2 rings (SSSR count). The van der Waals surface area contributed by atoms with Crippen LogP contribution in [0.5, 0.6) is 0 Å². The number of hydrogen-bond acceptors (Lipinski definition) is 4. The second kappa shape index (κ2) is 9.99. The lowest BCUT2D eigenvalue weighted by Crippen LogP contribution is -2.48. The van der Waals surface area contributed by atoms with Crippen molar-refractivity contribution in [3.05, 3.63) is 15.6 Å². The van der Waals surface area contributed by atoms with Gasteiger partial charge in [-0.1, -0.05) is 13.3 Å². The van der Waals surface area contributed by atoms with Gasteiger partial charge in [-0.15, -0.1) is 11.3 Å². The molecule has 2 N–H and O–H groups in total. The highest BCUT2D eigenvalue weighted by atomic mass is 32.1. The van der Waals surface area contributed by atoms with Crippen LogP contribution in [0.25, 0.3) is 0 Å². The summed E-state index contributed by atoms with van der Waals surface area (Å²) in [6, 6.07) is 0.532. The number of piperidine rings is 1. The van der Waals surface area contributed by atoms with Crippen molar-refractivity contribution < 1.29 is 0 Å². The first-order valence-electron chi connectivity index (χ1n) is 9.32. The average molecular weight is 352 g/mol. The first kappa shape index (κ1) is 19.2. The molecule has 5 nitrogen and oxygen atoms in total. The molecule has 0 radical (unpaired) electrons. The molecule has 1 fully saturated rings. The SMILES string of the molecule is CCCCN1CCC(NC(=NCc2sc(C)nc2C)NCC)CC1. The first-order chi connectivity index (χ1) is 11.6. The molecule has 0 bridgehead atoms. The van der Waals surface area contributed by atoms with E-state index in [9.17, 15) is 0 Å². The fourth-order valence-corrected chi connectivity index (χ4v) is 3.93. The van der Waals surface area contributed by atoms with Crippen LogP contribution < -0.4 is 10.6 Å². The van der Waals surface area contributed by atoms with E-state index in [-0.39, 0.29) is 0 Å². The summed E-state index contributed by atoms with van der Waals surface area (Å²) < 4.78 is 0. The van der Waals surface area contributed by atoms with Gasteiger partial charge in [-0.05, 0) is 46.6 Å². The minimum Gasteiger partial charge on any atom is -0.357 e. The topological polar surface area (TPSA) is 52.5 Å².